The third-order valence-electron chi connectivity index (χ3n) is 4.14. The minimum absolute atomic E-state index is 0. The number of methoxy groups -OCH3 is 3. The SMILES string of the molecule is COc1cc2c[n+](CCc3ccccc3)ccc2c(OC)c1OC.[Cl-]. The van der Waals surface area contributed by atoms with Crippen LogP contribution in [0.2, 0.25) is 0 Å². The maximum absolute atomic E-state index is 5.55. The van der Waals surface area contributed by atoms with Crippen LogP contribution in [-0.2, 0) is 13.0 Å². The highest BCUT2D eigenvalue weighted by atomic mass is 35.5. The predicted molar refractivity (Wildman–Crippen MR) is 93.9 cm³/mol. The molecule has 0 atom stereocenters. The normalized spacial score (nSPS) is 10.2. The predicted octanol–water partition coefficient (Wildman–Crippen LogP) is 0.400. The second-order valence-corrected chi connectivity index (χ2v) is 5.57. The van der Waals surface area contributed by atoms with Crippen molar-refractivity contribution in [2.24, 2.45) is 0 Å². The van der Waals surface area contributed by atoms with Gasteiger partial charge < -0.3 is 26.6 Å². The Morgan fingerprint density at radius 3 is 2.24 bits per heavy atom. The molecule has 0 saturated heterocycles. The topological polar surface area (TPSA) is 31.6 Å². The highest BCUT2D eigenvalue weighted by Crippen LogP contribution is 2.42. The van der Waals surface area contributed by atoms with Gasteiger partial charge in [-0.1, -0.05) is 30.3 Å². The quantitative estimate of drug-likeness (QED) is 0.597. The van der Waals surface area contributed by atoms with Gasteiger partial charge in [-0.2, -0.15) is 0 Å². The van der Waals surface area contributed by atoms with Gasteiger partial charge in [0.2, 0.25) is 5.75 Å². The minimum atomic E-state index is 0. The standard InChI is InChI=1S/C20H22NO3.ClH/c1-22-18-13-16-14-21(11-9-15-7-5-4-6-8-15)12-10-17(16)19(23-2)20(18)24-3;/h4-8,10,12-14H,9,11H2,1-3H3;1H/q+1;/p-1. The van der Waals surface area contributed by atoms with E-state index < -0.39 is 0 Å². The highest BCUT2D eigenvalue weighted by molar-refractivity contribution is 5.91. The van der Waals surface area contributed by atoms with Crippen LogP contribution >= 0.6 is 0 Å². The van der Waals surface area contributed by atoms with Gasteiger partial charge in [0.05, 0.1) is 26.7 Å². The van der Waals surface area contributed by atoms with Gasteiger partial charge in [0.15, 0.2) is 30.4 Å². The molecular formula is C20H22ClNO3. The lowest BCUT2D eigenvalue weighted by atomic mass is 10.1. The summed E-state index contributed by atoms with van der Waals surface area (Å²) >= 11 is 0. The number of fused-ring (bicyclic) bond motifs is 1. The lowest BCUT2D eigenvalue weighted by Crippen LogP contribution is -3.00. The first kappa shape index (κ1) is 18.9. The lowest BCUT2D eigenvalue weighted by molar-refractivity contribution is -0.695. The number of aromatic nitrogens is 1. The third-order valence-corrected chi connectivity index (χ3v) is 4.14. The van der Waals surface area contributed by atoms with E-state index >= 15 is 0 Å². The Labute approximate surface area is 154 Å². The molecule has 0 unspecified atom stereocenters. The van der Waals surface area contributed by atoms with Crippen molar-refractivity contribution in [1.29, 1.82) is 0 Å². The van der Waals surface area contributed by atoms with Crippen LogP contribution in [-0.4, -0.2) is 21.3 Å². The number of aryl methyl sites for hydroxylation is 2. The van der Waals surface area contributed by atoms with E-state index in [2.05, 4.69) is 47.3 Å². The number of hydrogen-bond donors (Lipinski definition) is 0. The first-order chi connectivity index (χ1) is 11.8. The largest absolute Gasteiger partial charge is 1.00 e. The summed E-state index contributed by atoms with van der Waals surface area (Å²) < 4.78 is 18.6. The van der Waals surface area contributed by atoms with Crippen molar-refractivity contribution in [3.8, 4) is 17.2 Å². The molecule has 0 N–H and O–H groups in total. The molecule has 3 rings (SSSR count). The number of rotatable bonds is 6. The molecule has 0 radical (unpaired) electrons. The van der Waals surface area contributed by atoms with Crippen LogP contribution < -0.4 is 31.2 Å². The zero-order valence-corrected chi connectivity index (χ0v) is 15.4. The molecule has 0 spiro atoms. The van der Waals surface area contributed by atoms with Crippen molar-refractivity contribution in [2.75, 3.05) is 21.3 Å². The van der Waals surface area contributed by atoms with Crippen molar-refractivity contribution < 1.29 is 31.2 Å². The number of hydrogen-bond acceptors (Lipinski definition) is 3. The molecular weight excluding hydrogens is 338 g/mol. The van der Waals surface area contributed by atoms with Gasteiger partial charge in [-0.05, 0) is 11.6 Å². The van der Waals surface area contributed by atoms with Crippen LogP contribution in [0.15, 0.2) is 54.9 Å². The Kier molecular flexibility index (Phi) is 6.48. The summed E-state index contributed by atoms with van der Waals surface area (Å²) in [7, 11) is 4.90. The van der Waals surface area contributed by atoms with Gasteiger partial charge >= 0.3 is 0 Å². The molecule has 3 aromatic rings. The van der Waals surface area contributed by atoms with Crippen molar-refractivity contribution in [1.82, 2.24) is 0 Å². The van der Waals surface area contributed by atoms with Crippen LogP contribution in [0.3, 0.4) is 0 Å². The van der Waals surface area contributed by atoms with Gasteiger partial charge in [0.25, 0.3) is 0 Å². The van der Waals surface area contributed by atoms with Crippen molar-refractivity contribution in [3.63, 3.8) is 0 Å². The van der Waals surface area contributed by atoms with Crippen LogP contribution in [0.5, 0.6) is 17.2 Å². The van der Waals surface area contributed by atoms with E-state index in [-0.39, 0.29) is 12.4 Å². The molecule has 0 aliphatic rings. The van der Waals surface area contributed by atoms with E-state index in [0.29, 0.717) is 17.2 Å². The number of benzene rings is 2. The summed E-state index contributed by atoms with van der Waals surface area (Å²) in [4.78, 5) is 0. The van der Waals surface area contributed by atoms with E-state index in [1.165, 1.54) is 5.56 Å². The molecule has 1 aromatic heterocycles. The second-order valence-electron chi connectivity index (χ2n) is 5.57. The first-order valence-electron chi connectivity index (χ1n) is 7.92. The molecule has 0 aliphatic heterocycles. The third kappa shape index (κ3) is 3.97. The van der Waals surface area contributed by atoms with E-state index in [1.807, 2.05) is 12.1 Å². The van der Waals surface area contributed by atoms with E-state index in [9.17, 15) is 0 Å². The molecule has 1 heterocycles. The fourth-order valence-corrected chi connectivity index (χ4v) is 2.91. The van der Waals surface area contributed by atoms with Crippen LogP contribution in [0, 0.1) is 0 Å². The van der Waals surface area contributed by atoms with Gasteiger partial charge in [-0.3, -0.25) is 0 Å². The summed E-state index contributed by atoms with van der Waals surface area (Å²) in [6.45, 7) is 0.913. The fraction of sp³-hybridized carbons (Fsp3) is 0.250. The van der Waals surface area contributed by atoms with Gasteiger partial charge in [-0.25, -0.2) is 4.57 Å². The van der Waals surface area contributed by atoms with Gasteiger partial charge in [0.1, 0.15) is 0 Å². The zero-order valence-electron chi connectivity index (χ0n) is 14.7. The maximum atomic E-state index is 5.55. The maximum Gasteiger partial charge on any atom is 0.203 e. The van der Waals surface area contributed by atoms with Crippen molar-refractivity contribution in [2.45, 2.75) is 13.0 Å². The molecule has 0 fully saturated rings. The first-order valence-corrected chi connectivity index (χ1v) is 7.92. The molecule has 132 valence electrons. The summed E-state index contributed by atoms with van der Waals surface area (Å²) in [5.74, 6) is 1.99. The summed E-state index contributed by atoms with van der Waals surface area (Å²) in [6.07, 6.45) is 5.17. The number of ether oxygens (including phenoxy) is 3. The molecule has 0 amide bonds. The van der Waals surface area contributed by atoms with Crippen LogP contribution in [0.4, 0.5) is 0 Å². The van der Waals surface area contributed by atoms with Crippen LogP contribution in [0.1, 0.15) is 5.56 Å². The highest BCUT2D eigenvalue weighted by Gasteiger charge is 2.17. The summed E-state index contributed by atoms with van der Waals surface area (Å²) in [6, 6.07) is 14.5. The lowest BCUT2D eigenvalue weighted by Gasteiger charge is -2.14. The zero-order chi connectivity index (χ0) is 16.9. The molecule has 5 heteroatoms. The van der Waals surface area contributed by atoms with Gasteiger partial charge in [0, 0.05) is 17.9 Å². The molecule has 0 aliphatic carbocycles. The van der Waals surface area contributed by atoms with Crippen molar-refractivity contribution >= 4 is 10.8 Å². The number of nitrogens with zero attached hydrogens (tertiary/aromatic N) is 1. The van der Waals surface area contributed by atoms with Crippen LogP contribution in [0.25, 0.3) is 10.8 Å². The Balaban J connectivity index is 0.00000225. The molecule has 25 heavy (non-hydrogen) atoms. The summed E-state index contributed by atoms with van der Waals surface area (Å²) in [5, 5.41) is 2.06. The smallest absolute Gasteiger partial charge is 0.203 e. The van der Waals surface area contributed by atoms with E-state index in [4.69, 9.17) is 14.2 Å². The van der Waals surface area contributed by atoms with Gasteiger partial charge in [-0.15, -0.1) is 0 Å². The Morgan fingerprint density at radius 2 is 1.60 bits per heavy atom. The van der Waals surface area contributed by atoms with E-state index in [1.54, 1.807) is 21.3 Å². The minimum Gasteiger partial charge on any atom is -1.00 e. The Bertz CT molecular complexity index is 837. The second kappa shape index (κ2) is 8.58. The Hall–Kier alpha value is -2.46. The summed E-state index contributed by atoms with van der Waals surface area (Å²) in [5.41, 5.74) is 1.33. The molecule has 0 bridgehead atoms. The van der Waals surface area contributed by atoms with Crippen molar-refractivity contribution in [3.05, 3.63) is 60.4 Å². The fourth-order valence-electron chi connectivity index (χ4n) is 2.91. The monoisotopic (exact) mass is 359 g/mol. The number of pyridine rings is 1. The average Bonchev–Trinajstić information content (AvgIpc) is 2.65. The average molecular weight is 360 g/mol. The Morgan fingerprint density at radius 1 is 0.880 bits per heavy atom. The van der Waals surface area contributed by atoms with E-state index in [0.717, 1.165) is 23.7 Å². The molecule has 4 nitrogen and oxygen atoms in total. The molecule has 2 aromatic carbocycles. The molecule has 0 saturated carbocycles. The number of halogens is 1.